The molecule has 0 bridgehead atoms. The highest BCUT2D eigenvalue weighted by atomic mass is 79.9. The number of aromatic amines is 1. The van der Waals surface area contributed by atoms with Gasteiger partial charge in [-0.3, -0.25) is 4.79 Å². The number of H-pyrrole nitrogens is 1. The molecule has 170 valence electrons. The molecule has 4 aromatic rings. The molecule has 0 unspecified atom stereocenters. The molecule has 0 radical (unpaired) electrons. The van der Waals surface area contributed by atoms with Crippen molar-refractivity contribution in [2.24, 2.45) is 0 Å². The summed E-state index contributed by atoms with van der Waals surface area (Å²) in [6.45, 7) is 0.406. The van der Waals surface area contributed by atoms with E-state index in [1.165, 1.54) is 23.3 Å². The molecule has 33 heavy (non-hydrogen) atoms. The Morgan fingerprint density at radius 2 is 1.88 bits per heavy atom. The van der Waals surface area contributed by atoms with Gasteiger partial charge in [0.25, 0.3) is 5.56 Å². The Kier molecular flexibility index (Phi) is 6.58. The van der Waals surface area contributed by atoms with Gasteiger partial charge in [-0.15, -0.1) is 11.3 Å². The lowest BCUT2D eigenvalue weighted by Crippen LogP contribution is -2.10. The van der Waals surface area contributed by atoms with Crippen molar-refractivity contribution in [2.45, 2.75) is 38.7 Å². The maximum absolute atomic E-state index is 13.0. The van der Waals surface area contributed by atoms with Crippen LogP contribution in [0.15, 0.2) is 50.1 Å². The Balaban J connectivity index is 1.49. The van der Waals surface area contributed by atoms with Crippen molar-refractivity contribution in [3.05, 3.63) is 71.7 Å². The van der Waals surface area contributed by atoms with E-state index < -0.39 is 0 Å². The fourth-order valence-corrected chi connectivity index (χ4v) is 6.29. The van der Waals surface area contributed by atoms with E-state index in [1.54, 1.807) is 18.4 Å². The number of aromatic nitrogens is 2. The smallest absolute Gasteiger partial charge is 0.260 e. The molecular weight excluding hydrogens is 568 g/mol. The second kappa shape index (κ2) is 9.60. The van der Waals surface area contributed by atoms with Gasteiger partial charge in [0, 0.05) is 14.9 Å². The van der Waals surface area contributed by atoms with E-state index in [0.717, 1.165) is 49.6 Å². The number of halogens is 2. The normalized spacial score (nSPS) is 13.5. The van der Waals surface area contributed by atoms with Crippen molar-refractivity contribution in [1.29, 1.82) is 0 Å². The van der Waals surface area contributed by atoms with Crippen LogP contribution in [-0.4, -0.2) is 17.1 Å². The highest BCUT2D eigenvalue weighted by Crippen LogP contribution is 2.40. The van der Waals surface area contributed by atoms with E-state index in [-0.39, 0.29) is 5.56 Å². The summed E-state index contributed by atoms with van der Waals surface area (Å²) in [6, 6.07) is 11.7. The minimum Gasteiger partial charge on any atom is -0.493 e. The third kappa shape index (κ3) is 4.61. The molecular formula is C25H22Br2N2O3S. The first-order chi connectivity index (χ1) is 16.0. The lowest BCUT2D eigenvalue weighted by molar-refractivity contribution is 0.282. The van der Waals surface area contributed by atoms with E-state index in [9.17, 15) is 4.79 Å². The first-order valence-corrected chi connectivity index (χ1v) is 13.2. The van der Waals surface area contributed by atoms with Crippen LogP contribution in [0.2, 0.25) is 0 Å². The molecule has 8 heteroatoms. The molecule has 1 aliphatic carbocycles. The van der Waals surface area contributed by atoms with E-state index in [1.807, 2.05) is 36.4 Å². The number of aryl methyl sites for hydroxylation is 2. The van der Waals surface area contributed by atoms with Gasteiger partial charge in [0.15, 0.2) is 11.5 Å². The predicted octanol–water partition coefficient (Wildman–Crippen LogP) is 7.03. The molecule has 0 amide bonds. The van der Waals surface area contributed by atoms with Gasteiger partial charge in [-0.25, -0.2) is 4.98 Å². The van der Waals surface area contributed by atoms with E-state index in [4.69, 9.17) is 14.5 Å². The lowest BCUT2D eigenvalue weighted by atomic mass is 10.1. The quantitative estimate of drug-likeness (QED) is 0.254. The molecule has 2 aromatic heterocycles. The number of thiophene rings is 1. The zero-order valence-corrected chi connectivity index (χ0v) is 22.0. The molecule has 5 rings (SSSR count). The molecule has 5 nitrogen and oxygen atoms in total. The molecule has 2 aromatic carbocycles. The second-order valence-electron chi connectivity index (χ2n) is 8.06. The molecule has 0 saturated carbocycles. The number of hydrogen-bond acceptors (Lipinski definition) is 5. The highest BCUT2D eigenvalue weighted by molar-refractivity contribution is 9.10. The van der Waals surface area contributed by atoms with E-state index in [2.05, 4.69) is 36.8 Å². The van der Waals surface area contributed by atoms with Crippen LogP contribution in [-0.2, 0) is 19.4 Å². The van der Waals surface area contributed by atoms with Gasteiger partial charge in [0.05, 0.1) is 17.0 Å². The molecule has 0 aliphatic heterocycles. The van der Waals surface area contributed by atoms with Gasteiger partial charge in [-0.2, -0.15) is 0 Å². The lowest BCUT2D eigenvalue weighted by Gasteiger charge is -2.14. The fourth-order valence-electron chi connectivity index (χ4n) is 4.21. The summed E-state index contributed by atoms with van der Waals surface area (Å²) in [7, 11) is 1.60. The van der Waals surface area contributed by atoms with Gasteiger partial charge in [-0.1, -0.05) is 34.5 Å². The number of nitrogens with one attached hydrogen (secondary N) is 1. The Morgan fingerprint density at radius 1 is 1.09 bits per heavy atom. The van der Waals surface area contributed by atoms with Gasteiger partial charge in [0.1, 0.15) is 17.3 Å². The Labute approximate surface area is 212 Å². The number of benzene rings is 2. The van der Waals surface area contributed by atoms with Gasteiger partial charge >= 0.3 is 0 Å². The largest absolute Gasteiger partial charge is 0.493 e. The molecule has 2 heterocycles. The molecule has 0 fully saturated rings. The summed E-state index contributed by atoms with van der Waals surface area (Å²) in [6.07, 6.45) is 5.52. The average Bonchev–Trinajstić information content (AvgIpc) is 3.00. The summed E-state index contributed by atoms with van der Waals surface area (Å²) in [5.74, 6) is 1.71. The molecule has 0 saturated heterocycles. The standard InChI is InChI=1S/C25H22Br2N2O3S/c1-31-19-12-15(11-18(27)22(19)32-13-14-7-9-16(26)10-8-14)23-28-24(30)21-17-5-3-2-4-6-20(17)33-25(21)29-23/h7-12H,2-6,13H2,1H3,(H,28,29,30). The summed E-state index contributed by atoms with van der Waals surface area (Å²) < 4.78 is 13.4. The van der Waals surface area contributed by atoms with Crippen LogP contribution in [0.1, 0.15) is 35.3 Å². The topological polar surface area (TPSA) is 64.2 Å². The first-order valence-electron chi connectivity index (χ1n) is 10.8. The number of nitrogens with zero attached hydrogens (tertiary/aromatic N) is 1. The van der Waals surface area contributed by atoms with Gasteiger partial charge in [-0.05, 0) is 77.0 Å². The summed E-state index contributed by atoms with van der Waals surface area (Å²) >= 11 is 8.72. The Morgan fingerprint density at radius 3 is 2.67 bits per heavy atom. The minimum absolute atomic E-state index is 0.0694. The number of rotatable bonds is 5. The van der Waals surface area contributed by atoms with Crippen LogP contribution in [0.3, 0.4) is 0 Å². The number of methoxy groups -OCH3 is 1. The minimum atomic E-state index is -0.0694. The predicted molar refractivity (Wildman–Crippen MR) is 140 cm³/mol. The van der Waals surface area contributed by atoms with Crippen LogP contribution < -0.4 is 15.0 Å². The maximum Gasteiger partial charge on any atom is 0.260 e. The van der Waals surface area contributed by atoms with Crippen LogP contribution >= 0.6 is 43.2 Å². The van der Waals surface area contributed by atoms with Gasteiger partial charge in [0.2, 0.25) is 0 Å². The summed E-state index contributed by atoms with van der Waals surface area (Å²) in [5.41, 5.74) is 2.94. The van der Waals surface area contributed by atoms with Crippen LogP contribution in [0.5, 0.6) is 11.5 Å². The van der Waals surface area contributed by atoms with Crippen molar-refractivity contribution < 1.29 is 9.47 Å². The third-order valence-corrected chi connectivity index (χ3v) is 8.18. The Bertz CT molecular complexity index is 1380. The van der Waals surface area contributed by atoms with Gasteiger partial charge < -0.3 is 14.5 Å². The zero-order chi connectivity index (χ0) is 22.9. The SMILES string of the molecule is COc1cc(-c2nc3sc4c(c3c(=O)[nH]2)CCCCC4)cc(Br)c1OCc1ccc(Br)cc1. The number of hydrogen-bond donors (Lipinski definition) is 1. The van der Waals surface area contributed by atoms with E-state index in [0.29, 0.717) is 23.9 Å². The molecule has 0 spiro atoms. The number of ether oxygens (including phenoxy) is 2. The maximum atomic E-state index is 13.0. The van der Waals surface area contributed by atoms with Crippen LogP contribution in [0.4, 0.5) is 0 Å². The molecule has 1 aliphatic rings. The van der Waals surface area contributed by atoms with Crippen molar-refractivity contribution in [3.8, 4) is 22.9 Å². The summed E-state index contributed by atoms with van der Waals surface area (Å²) in [4.78, 5) is 23.0. The average molecular weight is 590 g/mol. The third-order valence-electron chi connectivity index (χ3n) is 5.87. The van der Waals surface area contributed by atoms with Crippen molar-refractivity contribution in [2.75, 3.05) is 7.11 Å². The van der Waals surface area contributed by atoms with Crippen molar-refractivity contribution >= 4 is 53.4 Å². The molecule has 0 atom stereocenters. The first kappa shape index (κ1) is 22.6. The second-order valence-corrected chi connectivity index (χ2v) is 10.9. The van der Waals surface area contributed by atoms with Crippen molar-refractivity contribution in [1.82, 2.24) is 9.97 Å². The highest BCUT2D eigenvalue weighted by Gasteiger charge is 2.20. The monoisotopic (exact) mass is 588 g/mol. The van der Waals surface area contributed by atoms with Crippen LogP contribution in [0, 0.1) is 0 Å². The van der Waals surface area contributed by atoms with Crippen LogP contribution in [0.25, 0.3) is 21.6 Å². The zero-order valence-electron chi connectivity index (χ0n) is 18.0. The fraction of sp³-hybridized carbons (Fsp3) is 0.280. The molecule has 1 N–H and O–H groups in total. The van der Waals surface area contributed by atoms with Crippen molar-refractivity contribution in [3.63, 3.8) is 0 Å². The summed E-state index contributed by atoms with van der Waals surface area (Å²) in [5, 5.41) is 0.765. The number of fused-ring (bicyclic) bond motifs is 3. The van der Waals surface area contributed by atoms with E-state index >= 15 is 0 Å². The Hall–Kier alpha value is -2.16.